The van der Waals surface area contributed by atoms with E-state index in [-0.39, 0.29) is 0 Å². The summed E-state index contributed by atoms with van der Waals surface area (Å²) < 4.78 is 5.67. The molecule has 0 spiro atoms. The fraction of sp³-hybridized carbons (Fsp3) is 0.520. The number of allylic oxidation sites excluding steroid dienone is 1. The van der Waals surface area contributed by atoms with Crippen LogP contribution >= 0.6 is 0 Å². The summed E-state index contributed by atoms with van der Waals surface area (Å²) in [5.41, 5.74) is 2.25. The van der Waals surface area contributed by atoms with E-state index < -0.39 is 0 Å². The maximum atomic E-state index is 5.67. The molecule has 2 aromatic rings. The van der Waals surface area contributed by atoms with E-state index in [0.717, 1.165) is 30.0 Å². The van der Waals surface area contributed by atoms with Gasteiger partial charge in [-0.15, -0.1) is 0 Å². The van der Waals surface area contributed by atoms with Gasteiger partial charge < -0.3 is 4.74 Å². The highest BCUT2D eigenvalue weighted by molar-refractivity contribution is 5.55. The van der Waals surface area contributed by atoms with E-state index in [1.165, 1.54) is 63.4 Å². The van der Waals surface area contributed by atoms with E-state index in [0.29, 0.717) is 0 Å². The van der Waals surface area contributed by atoms with Gasteiger partial charge in [0.25, 0.3) is 0 Å². The number of hydrogen-bond donors (Lipinski definition) is 0. The van der Waals surface area contributed by atoms with E-state index in [1.54, 1.807) is 6.26 Å². The summed E-state index contributed by atoms with van der Waals surface area (Å²) in [5.74, 6) is 1.62. The summed E-state index contributed by atoms with van der Waals surface area (Å²) in [6.45, 7) is 4.48. The Hall–Kier alpha value is -2.16. The first-order valence-corrected chi connectivity index (χ1v) is 11.1. The molecule has 1 aromatic heterocycles. The molecule has 0 amide bonds. The van der Waals surface area contributed by atoms with Gasteiger partial charge in [-0.3, -0.25) is 0 Å². The van der Waals surface area contributed by atoms with Gasteiger partial charge in [0, 0.05) is 18.0 Å². The van der Waals surface area contributed by atoms with E-state index in [4.69, 9.17) is 4.74 Å². The Morgan fingerprint density at radius 3 is 2.11 bits per heavy atom. The number of nitrogens with zero attached hydrogens (tertiary/aromatic N) is 2. The standard InChI is InChI=1S/C25H36N2O/c1-3-5-7-9-11-13-19-28-24-17-15-23(16-18-24)25-26-20-22(21-27-25)14-12-10-8-6-4-2/h13,15-21H,3-12,14H2,1-2H3/b19-13-. The second-order valence-corrected chi connectivity index (χ2v) is 7.44. The van der Waals surface area contributed by atoms with Crippen LogP contribution in [0.25, 0.3) is 11.4 Å². The average molecular weight is 381 g/mol. The molecule has 0 fully saturated rings. The summed E-state index contributed by atoms with van der Waals surface area (Å²) in [6, 6.07) is 7.98. The number of ether oxygens (including phenoxy) is 1. The van der Waals surface area contributed by atoms with Crippen LogP contribution in [0, 0.1) is 0 Å². The third-order valence-corrected chi connectivity index (χ3v) is 4.91. The van der Waals surface area contributed by atoms with Gasteiger partial charge >= 0.3 is 0 Å². The van der Waals surface area contributed by atoms with Crippen LogP contribution in [0.3, 0.4) is 0 Å². The first kappa shape index (κ1) is 22.1. The lowest BCUT2D eigenvalue weighted by Crippen LogP contribution is -1.93. The summed E-state index contributed by atoms with van der Waals surface area (Å²) in [5, 5.41) is 0. The zero-order valence-electron chi connectivity index (χ0n) is 17.7. The highest BCUT2D eigenvalue weighted by atomic mass is 16.5. The molecule has 0 unspecified atom stereocenters. The number of aromatic nitrogens is 2. The maximum absolute atomic E-state index is 5.67. The third-order valence-electron chi connectivity index (χ3n) is 4.91. The zero-order chi connectivity index (χ0) is 19.9. The van der Waals surface area contributed by atoms with Gasteiger partial charge in [0.15, 0.2) is 5.82 Å². The van der Waals surface area contributed by atoms with Gasteiger partial charge in [-0.2, -0.15) is 0 Å². The van der Waals surface area contributed by atoms with Crippen molar-refractivity contribution < 1.29 is 4.74 Å². The Labute approximate surface area is 171 Å². The molecule has 0 aliphatic carbocycles. The van der Waals surface area contributed by atoms with Crippen molar-refractivity contribution >= 4 is 0 Å². The Morgan fingerprint density at radius 2 is 1.43 bits per heavy atom. The summed E-state index contributed by atoms with van der Waals surface area (Å²) in [4.78, 5) is 9.08. The SMILES string of the molecule is CCCCCC/C=C\Oc1ccc(-c2ncc(CCCCCCC)cn2)cc1. The molecule has 2 rings (SSSR count). The lowest BCUT2D eigenvalue weighted by Gasteiger charge is -2.05. The number of benzene rings is 1. The van der Waals surface area contributed by atoms with Crippen LogP contribution < -0.4 is 4.74 Å². The minimum absolute atomic E-state index is 0.771. The molecular formula is C25H36N2O. The first-order valence-electron chi connectivity index (χ1n) is 11.1. The predicted molar refractivity (Wildman–Crippen MR) is 118 cm³/mol. The first-order chi connectivity index (χ1) is 13.8. The van der Waals surface area contributed by atoms with Crippen LogP contribution in [-0.2, 0) is 6.42 Å². The summed E-state index contributed by atoms with van der Waals surface area (Å²) >= 11 is 0. The van der Waals surface area contributed by atoms with Crippen LogP contribution in [0.15, 0.2) is 49.0 Å². The highest BCUT2D eigenvalue weighted by Crippen LogP contribution is 2.20. The van der Waals surface area contributed by atoms with Crippen LogP contribution in [0.2, 0.25) is 0 Å². The van der Waals surface area contributed by atoms with E-state index >= 15 is 0 Å². The molecule has 0 saturated carbocycles. The van der Waals surface area contributed by atoms with E-state index in [1.807, 2.05) is 36.7 Å². The zero-order valence-corrected chi connectivity index (χ0v) is 17.7. The summed E-state index contributed by atoms with van der Waals surface area (Å²) in [7, 11) is 0. The number of aryl methyl sites for hydroxylation is 1. The van der Waals surface area contributed by atoms with Crippen LogP contribution in [0.1, 0.15) is 83.6 Å². The van der Waals surface area contributed by atoms with Crippen LogP contribution in [0.4, 0.5) is 0 Å². The minimum atomic E-state index is 0.771. The lowest BCUT2D eigenvalue weighted by atomic mass is 10.1. The molecular weight excluding hydrogens is 344 g/mol. The van der Waals surface area contributed by atoms with E-state index in [9.17, 15) is 0 Å². The van der Waals surface area contributed by atoms with Crippen molar-refractivity contribution in [1.29, 1.82) is 0 Å². The van der Waals surface area contributed by atoms with Crippen molar-refractivity contribution in [3.63, 3.8) is 0 Å². The van der Waals surface area contributed by atoms with Crippen molar-refractivity contribution in [3.8, 4) is 17.1 Å². The van der Waals surface area contributed by atoms with Crippen molar-refractivity contribution in [2.45, 2.75) is 84.5 Å². The normalized spacial score (nSPS) is 11.2. The van der Waals surface area contributed by atoms with Gasteiger partial charge in [-0.05, 0) is 61.6 Å². The monoisotopic (exact) mass is 380 g/mol. The highest BCUT2D eigenvalue weighted by Gasteiger charge is 2.02. The number of rotatable bonds is 14. The van der Waals surface area contributed by atoms with Crippen molar-refractivity contribution in [2.24, 2.45) is 0 Å². The smallest absolute Gasteiger partial charge is 0.159 e. The molecule has 0 radical (unpaired) electrons. The molecule has 152 valence electrons. The third kappa shape index (κ3) is 8.69. The van der Waals surface area contributed by atoms with Crippen molar-refractivity contribution in [2.75, 3.05) is 0 Å². The topological polar surface area (TPSA) is 35.0 Å². The second kappa shape index (κ2) is 13.9. The molecule has 0 N–H and O–H groups in total. The fourth-order valence-corrected chi connectivity index (χ4v) is 3.13. The predicted octanol–water partition coefficient (Wildman–Crippen LogP) is 7.52. The molecule has 3 nitrogen and oxygen atoms in total. The van der Waals surface area contributed by atoms with Gasteiger partial charge in [-0.1, -0.05) is 58.8 Å². The van der Waals surface area contributed by atoms with Crippen LogP contribution in [0.5, 0.6) is 5.75 Å². The van der Waals surface area contributed by atoms with Gasteiger partial charge in [0.05, 0.1) is 6.26 Å². The summed E-state index contributed by atoms with van der Waals surface area (Å²) in [6.07, 6.45) is 21.6. The molecule has 1 heterocycles. The number of hydrogen-bond acceptors (Lipinski definition) is 3. The molecule has 0 saturated heterocycles. The van der Waals surface area contributed by atoms with Gasteiger partial charge in [0.1, 0.15) is 5.75 Å². The number of unbranched alkanes of at least 4 members (excludes halogenated alkanes) is 8. The molecule has 0 atom stereocenters. The molecule has 0 aliphatic rings. The Kier molecular flexibility index (Phi) is 11.0. The molecule has 28 heavy (non-hydrogen) atoms. The van der Waals surface area contributed by atoms with Gasteiger partial charge in [0.2, 0.25) is 0 Å². The van der Waals surface area contributed by atoms with Gasteiger partial charge in [-0.25, -0.2) is 9.97 Å². The average Bonchev–Trinajstić information content (AvgIpc) is 2.74. The second-order valence-electron chi connectivity index (χ2n) is 7.44. The fourth-order valence-electron chi connectivity index (χ4n) is 3.13. The molecule has 0 aliphatic heterocycles. The van der Waals surface area contributed by atoms with Crippen LogP contribution in [-0.4, -0.2) is 9.97 Å². The Bertz CT molecular complexity index is 662. The minimum Gasteiger partial charge on any atom is -0.465 e. The Balaban J connectivity index is 1.75. The molecule has 0 bridgehead atoms. The van der Waals surface area contributed by atoms with Crippen molar-refractivity contribution in [1.82, 2.24) is 9.97 Å². The lowest BCUT2D eigenvalue weighted by molar-refractivity contribution is 0.477. The largest absolute Gasteiger partial charge is 0.465 e. The quantitative estimate of drug-likeness (QED) is 0.251. The van der Waals surface area contributed by atoms with E-state index in [2.05, 4.69) is 29.9 Å². The van der Waals surface area contributed by atoms with Crippen molar-refractivity contribution in [3.05, 3.63) is 54.6 Å². The Morgan fingerprint density at radius 1 is 0.786 bits per heavy atom. The molecule has 3 heteroatoms. The molecule has 1 aromatic carbocycles. The maximum Gasteiger partial charge on any atom is 0.159 e.